The topological polar surface area (TPSA) is 72.3 Å². The average molecular weight is 430 g/mol. The highest BCUT2D eigenvalue weighted by molar-refractivity contribution is 7.99. The summed E-state index contributed by atoms with van der Waals surface area (Å²) in [7, 11) is 1.67. The van der Waals surface area contributed by atoms with E-state index in [4.69, 9.17) is 4.74 Å². The van der Waals surface area contributed by atoms with Crippen LogP contribution in [-0.4, -0.2) is 53.2 Å². The van der Waals surface area contributed by atoms with Gasteiger partial charge in [0, 0.05) is 25.7 Å². The number of hydrogen-bond donors (Lipinski definition) is 1. The largest absolute Gasteiger partial charge is 0.496 e. The molecule has 7 nitrogen and oxygen atoms in total. The van der Waals surface area contributed by atoms with Crippen molar-refractivity contribution in [2.45, 2.75) is 50.2 Å². The number of methoxy groups -OCH3 is 1. The molecule has 2 aliphatic rings. The molecule has 1 aliphatic heterocycles. The molecule has 1 amide bonds. The predicted octanol–water partition coefficient (Wildman–Crippen LogP) is 3.31. The predicted molar refractivity (Wildman–Crippen MR) is 119 cm³/mol. The van der Waals surface area contributed by atoms with Crippen LogP contribution in [0.1, 0.15) is 44.2 Å². The Labute approximate surface area is 182 Å². The van der Waals surface area contributed by atoms with Gasteiger partial charge in [-0.15, -0.1) is 10.2 Å². The normalized spacial score (nSPS) is 17.2. The quantitative estimate of drug-likeness (QED) is 0.617. The van der Waals surface area contributed by atoms with E-state index in [1.807, 2.05) is 24.3 Å². The maximum atomic E-state index is 12.4. The highest BCUT2D eigenvalue weighted by Gasteiger charge is 2.32. The number of para-hydroxylation sites is 1. The Morgan fingerprint density at radius 1 is 1.20 bits per heavy atom. The molecule has 0 spiro atoms. The van der Waals surface area contributed by atoms with Crippen molar-refractivity contribution in [1.82, 2.24) is 20.1 Å². The second kappa shape index (κ2) is 9.73. The molecular weight excluding hydrogens is 398 g/mol. The van der Waals surface area contributed by atoms with Crippen LogP contribution in [0.2, 0.25) is 0 Å². The van der Waals surface area contributed by atoms with E-state index in [1.165, 1.54) is 37.4 Å². The fourth-order valence-corrected chi connectivity index (χ4v) is 4.70. The number of hydrogen-bond acceptors (Lipinski definition) is 6. The molecule has 1 N–H and O–H groups in total. The van der Waals surface area contributed by atoms with Crippen molar-refractivity contribution >= 4 is 23.6 Å². The van der Waals surface area contributed by atoms with E-state index in [0.717, 1.165) is 47.8 Å². The van der Waals surface area contributed by atoms with Gasteiger partial charge in [-0.05, 0) is 49.7 Å². The maximum Gasteiger partial charge on any atom is 0.230 e. The summed E-state index contributed by atoms with van der Waals surface area (Å²) in [5.74, 6) is 3.01. The van der Waals surface area contributed by atoms with Crippen LogP contribution < -0.4 is 15.0 Å². The molecule has 0 bridgehead atoms. The minimum atomic E-state index is 0.0218. The Balaban J connectivity index is 1.30. The minimum absolute atomic E-state index is 0.0218. The molecule has 162 valence electrons. The summed E-state index contributed by atoms with van der Waals surface area (Å²) in [4.78, 5) is 14.7. The first-order valence-corrected chi connectivity index (χ1v) is 11.9. The first-order valence-electron chi connectivity index (χ1n) is 10.9. The molecule has 1 saturated carbocycles. The molecule has 2 aromatic rings. The van der Waals surface area contributed by atoms with Gasteiger partial charge in [-0.3, -0.25) is 9.36 Å². The van der Waals surface area contributed by atoms with Crippen LogP contribution >= 0.6 is 11.8 Å². The van der Waals surface area contributed by atoms with Crippen LogP contribution in [0.25, 0.3) is 0 Å². The summed E-state index contributed by atoms with van der Waals surface area (Å²) in [6.45, 7) is 4.99. The molecular formula is C22H31N5O2S. The van der Waals surface area contributed by atoms with E-state index in [0.29, 0.717) is 18.3 Å². The van der Waals surface area contributed by atoms with Gasteiger partial charge >= 0.3 is 0 Å². The number of carbonyl (C=O) groups excluding carboxylic acids is 1. The van der Waals surface area contributed by atoms with Crippen molar-refractivity contribution in [2.24, 2.45) is 5.92 Å². The molecule has 1 aromatic carbocycles. The molecule has 2 fully saturated rings. The third-order valence-corrected chi connectivity index (χ3v) is 6.81. The smallest absolute Gasteiger partial charge is 0.230 e. The number of ether oxygens (including phenoxy) is 1. The molecule has 8 heteroatoms. The lowest BCUT2D eigenvalue weighted by atomic mass is 10.00. The standard InChI is InChI=1S/C22H31N5O2S/c1-16-10-13-26(14-11-16)21-24-25-22(27(21)18-7-8-18)30-15-20(28)23-12-9-17-5-3-4-6-19(17)29-2/h3-6,16,18H,7-15H2,1-2H3,(H,23,28). The summed E-state index contributed by atoms with van der Waals surface area (Å²) in [5.41, 5.74) is 1.10. The lowest BCUT2D eigenvalue weighted by Gasteiger charge is -2.31. The number of amides is 1. The van der Waals surface area contributed by atoms with Gasteiger partial charge in [-0.2, -0.15) is 0 Å². The second-order valence-corrected chi connectivity index (χ2v) is 9.20. The molecule has 0 radical (unpaired) electrons. The van der Waals surface area contributed by atoms with Gasteiger partial charge in [0.25, 0.3) is 0 Å². The van der Waals surface area contributed by atoms with Crippen molar-refractivity contribution in [3.05, 3.63) is 29.8 Å². The van der Waals surface area contributed by atoms with E-state index in [-0.39, 0.29) is 5.91 Å². The summed E-state index contributed by atoms with van der Waals surface area (Å²) in [6.07, 6.45) is 5.50. The van der Waals surface area contributed by atoms with Crippen molar-refractivity contribution in [1.29, 1.82) is 0 Å². The molecule has 30 heavy (non-hydrogen) atoms. The summed E-state index contributed by atoms with van der Waals surface area (Å²) >= 11 is 1.49. The molecule has 1 aromatic heterocycles. The van der Waals surface area contributed by atoms with Crippen LogP contribution in [-0.2, 0) is 11.2 Å². The zero-order chi connectivity index (χ0) is 20.9. The van der Waals surface area contributed by atoms with Gasteiger partial charge in [-0.25, -0.2) is 0 Å². The van der Waals surface area contributed by atoms with Gasteiger partial charge in [-0.1, -0.05) is 36.9 Å². The zero-order valence-electron chi connectivity index (χ0n) is 17.8. The van der Waals surface area contributed by atoms with Crippen molar-refractivity contribution in [3.8, 4) is 5.75 Å². The molecule has 1 saturated heterocycles. The van der Waals surface area contributed by atoms with Gasteiger partial charge in [0.1, 0.15) is 5.75 Å². The fraction of sp³-hybridized carbons (Fsp3) is 0.591. The summed E-state index contributed by atoms with van der Waals surface area (Å²) in [6, 6.07) is 8.40. The Morgan fingerprint density at radius 2 is 1.97 bits per heavy atom. The van der Waals surface area contributed by atoms with Gasteiger partial charge in [0.05, 0.1) is 12.9 Å². The van der Waals surface area contributed by atoms with Crippen LogP contribution in [0, 0.1) is 5.92 Å². The maximum absolute atomic E-state index is 12.4. The number of benzene rings is 1. The Kier molecular flexibility index (Phi) is 6.82. The van der Waals surface area contributed by atoms with E-state index < -0.39 is 0 Å². The fourth-order valence-electron chi connectivity index (χ4n) is 3.87. The Morgan fingerprint density at radius 3 is 2.70 bits per heavy atom. The average Bonchev–Trinajstić information content (AvgIpc) is 3.52. The first kappa shape index (κ1) is 21.0. The Bertz CT molecular complexity index is 859. The number of carbonyl (C=O) groups is 1. The first-order chi connectivity index (χ1) is 14.7. The number of piperidine rings is 1. The second-order valence-electron chi connectivity index (χ2n) is 8.25. The Hall–Kier alpha value is -2.22. The van der Waals surface area contributed by atoms with Gasteiger partial charge in [0.15, 0.2) is 5.16 Å². The lowest BCUT2D eigenvalue weighted by molar-refractivity contribution is -0.118. The van der Waals surface area contributed by atoms with E-state index in [1.54, 1.807) is 7.11 Å². The number of rotatable bonds is 9. The number of thioether (sulfide) groups is 1. The van der Waals surface area contributed by atoms with Gasteiger partial charge < -0.3 is 15.0 Å². The molecule has 1 aliphatic carbocycles. The monoisotopic (exact) mass is 429 g/mol. The van der Waals surface area contributed by atoms with Gasteiger partial charge in [0.2, 0.25) is 11.9 Å². The molecule has 4 rings (SSSR count). The summed E-state index contributed by atoms with van der Waals surface area (Å²) < 4.78 is 7.64. The number of anilines is 1. The highest BCUT2D eigenvalue weighted by atomic mass is 32.2. The number of nitrogens with one attached hydrogen (secondary N) is 1. The summed E-state index contributed by atoms with van der Waals surface area (Å²) in [5, 5.41) is 12.8. The minimum Gasteiger partial charge on any atom is -0.496 e. The third-order valence-electron chi connectivity index (χ3n) is 5.87. The van der Waals surface area contributed by atoms with Crippen LogP contribution in [0.4, 0.5) is 5.95 Å². The van der Waals surface area contributed by atoms with Crippen molar-refractivity contribution in [2.75, 3.05) is 37.4 Å². The zero-order valence-corrected chi connectivity index (χ0v) is 18.7. The van der Waals surface area contributed by atoms with Crippen molar-refractivity contribution in [3.63, 3.8) is 0 Å². The van der Waals surface area contributed by atoms with E-state index in [9.17, 15) is 4.79 Å². The van der Waals surface area contributed by atoms with Crippen LogP contribution in [0.15, 0.2) is 29.4 Å². The number of aromatic nitrogens is 3. The SMILES string of the molecule is COc1ccccc1CCNC(=O)CSc1nnc(N2CCC(C)CC2)n1C1CC1. The van der Waals surface area contributed by atoms with Crippen molar-refractivity contribution < 1.29 is 9.53 Å². The third kappa shape index (κ3) is 5.09. The lowest BCUT2D eigenvalue weighted by Crippen LogP contribution is -2.34. The molecule has 0 atom stereocenters. The number of nitrogens with zero attached hydrogens (tertiary/aromatic N) is 4. The highest BCUT2D eigenvalue weighted by Crippen LogP contribution is 2.41. The van der Waals surface area contributed by atoms with E-state index in [2.05, 4.69) is 31.9 Å². The van der Waals surface area contributed by atoms with Crippen LogP contribution in [0.3, 0.4) is 0 Å². The molecule has 2 heterocycles. The van der Waals surface area contributed by atoms with E-state index >= 15 is 0 Å². The van der Waals surface area contributed by atoms with Crippen LogP contribution in [0.5, 0.6) is 5.75 Å². The molecule has 0 unspecified atom stereocenters.